The van der Waals surface area contributed by atoms with Crippen LogP contribution < -0.4 is 0 Å². The molecule has 3 nitrogen and oxygen atoms in total. The van der Waals surface area contributed by atoms with Crippen molar-refractivity contribution in [3.8, 4) is 0 Å². The van der Waals surface area contributed by atoms with E-state index in [4.69, 9.17) is 9.47 Å². The molecule has 0 saturated carbocycles. The highest BCUT2D eigenvalue weighted by atomic mass is 16.5. The summed E-state index contributed by atoms with van der Waals surface area (Å²) in [6.07, 6.45) is 8.41. The van der Waals surface area contributed by atoms with Crippen LogP contribution in [-0.2, 0) is 14.3 Å². The first-order chi connectivity index (χ1) is 6.77. The van der Waals surface area contributed by atoms with Crippen molar-refractivity contribution in [1.82, 2.24) is 0 Å². The number of carbonyl (C=O) groups excluding carboxylic acids is 1. The van der Waals surface area contributed by atoms with Crippen molar-refractivity contribution in [3.63, 3.8) is 0 Å². The Morgan fingerprint density at radius 2 is 2.00 bits per heavy atom. The summed E-state index contributed by atoms with van der Waals surface area (Å²) in [7, 11) is 1.68. The molecule has 0 rings (SSSR count). The average Bonchev–Trinajstić information content (AvgIpc) is 2.15. The van der Waals surface area contributed by atoms with Crippen molar-refractivity contribution < 1.29 is 14.3 Å². The van der Waals surface area contributed by atoms with Gasteiger partial charge < -0.3 is 9.47 Å². The monoisotopic (exact) mass is 200 g/mol. The van der Waals surface area contributed by atoms with Gasteiger partial charge in [-0.3, -0.25) is 4.79 Å². The van der Waals surface area contributed by atoms with E-state index in [1.807, 2.05) is 6.08 Å². The summed E-state index contributed by atoms with van der Waals surface area (Å²) in [6, 6.07) is 0. The van der Waals surface area contributed by atoms with Gasteiger partial charge in [0.15, 0.2) is 0 Å². The van der Waals surface area contributed by atoms with E-state index < -0.39 is 0 Å². The molecule has 82 valence electrons. The molecular formula is C11H20O3. The van der Waals surface area contributed by atoms with Crippen molar-refractivity contribution in [2.75, 3.05) is 20.3 Å². The van der Waals surface area contributed by atoms with Crippen LogP contribution >= 0.6 is 0 Å². The largest absolute Gasteiger partial charge is 0.466 e. The number of unbranched alkanes of at least 4 members (excludes halogenated alkanes) is 3. The van der Waals surface area contributed by atoms with Crippen LogP contribution in [0, 0.1) is 0 Å². The van der Waals surface area contributed by atoms with Crippen LogP contribution in [0.2, 0.25) is 0 Å². The second-order valence-corrected chi connectivity index (χ2v) is 3.12. The van der Waals surface area contributed by atoms with Crippen LogP contribution in [0.15, 0.2) is 12.2 Å². The lowest BCUT2D eigenvalue weighted by atomic mass is 10.2. The summed E-state index contributed by atoms with van der Waals surface area (Å²) < 4.78 is 9.68. The number of ether oxygens (including phenoxy) is 2. The Balaban J connectivity index is 3.02. The van der Waals surface area contributed by atoms with Gasteiger partial charge in [-0.25, -0.2) is 0 Å². The third-order valence-electron chi connectivity index (χ3n) is 1.75. The predicted octanol–water partition coefficient (Wildman–Crippen LogP) is 2.31. The Bertz CT molecular complexity index is 164. The lowest BCUT2D eigenvalue weighted by molar-refractivity contribution is -0.141. The molecule has 0 amide bonds. The summed E-state index contributed by atoms with van der Waals surface area (Å²) in [6.45, 7) is 2.68. The van der Waals surface area contributed by atoms with E-state index in [0.29, 0.717) is 13.2 Å². The number of methoxy groups -OCH3 is 1. The van der Waals surface area contributed by atoms with Gasteiger partial charge in [-0.15, -0.1) is 0 Å². The number of rotatable bonds is 8. The first-order valence-electron chi connectivity index (χ1n) is 5.04. The molecule has 0 heterocycles. The van der Waals surface area contributed by atoms with Crippen LogP contribution in [0.25, 0.3) is 0 Å². The summed E-state index contributed by atoms with van der Waals surface area (Å²) in [5, 5.41) is 0. The van der Waals surface area contributed by atoms with Gasteiger partial charge in [0, 0.05) is 14.0 Å². The van der Waals surface area contributed by atoms with Crippen LogP contribution in [0.3, 0.4) is 0 Å². The highest BCUT2D eigenvalue weighted by Gasteiger charge is 1.91. The van der Waals surface area contributed by atoms with E-state index in [2.05, 4.69) is 6.08 Å². The van der Waals surface area contributed by atoms with E-state index in [1.165, 1.54) is 6.92 Å². The van der Waals surface area contributed by atoms with E-state index in [-0.39, 0.29) is 5.97 Å². The number of allylic oxidation sites excluding steroid dienone is 1. The van der Waals surface area contributed by atoms with Crippen LogP contribution in [0.5, 0.6) is 0 Å². The maximum absolute atomic E-state index is 10.4. The lowest BCUT2D eigenvalue weighted by Gasteiger charge is -2.00. The molecule has 0 aromatic carbocycles. The molecule has 0 atom stereocenters. The van der Waals surface area contributed by atoms with Crippen LogP contribution in [0.1, 0.15) is 32.6 Å². The van der Waals surface area contributed by atoms with Gasteiger partial charge in [-0.2, -0.15) is 0 Å². The third-order valence-corrected chi connectivity index (χ3v) is 1.75. The number of hydrogen-bond acceptors (Lipinski definition) is 3. The smallest absolute Gasteiger partial charge is 0.302 e. The van der Waals surface area contributed by atoms with Crippen molar-refractivity contribution >= 4 is 5.97 Å². The Morgan fingerprint density at radius 1 is 1.21 bits per heavy atom. The van der Waals surface area contributed by atoms with Crippen LogP contribution in [-0.4, -0.2) is 26.3 Å². The Morgan fingerprint density at radius 3 is 2.64 bits per heavy atom. The zero-order chi connectivity index (χ0) is 10.6. The van der Waals surface area contributed by atoms with Gasteiger partial charge in [0.25, 0.3) is 0 Å². The quantitative estimate of drug-likeness (QED) is 0.342. The van der Waals surface area contributed by atoms with E-state index >= 15 is 0 Å². The maximum atomic E-state index is 10.4. The summed E-state index contributed by atoms with van der Waals surface area (Å²) >= 11 is 0. The molecule has 0 aliphatic rings. The van der Waals surface area contributed by atoms with Gasteiger partial charge in [-0.05, 0) is 25.7 Å². The Kier molecular flexibility index (Phi) is 9.64. The maximum Gasteiger partial charge on any atom is 0.302 e. The molecule has 14 heavy (non-hydrogen) atoms. The van der Waals surface area contributed by atoms with Crippen LogP contribution in [0.4, 0.5) is 0 Å². The first-order valence-corrected chi connectivity index (χ1v) is 5.04. The summed E-state index contributed by atoms with van der Waals surface area (Å²) in [4.78, 5) is 10.4. The van der Waals surface area contributed by atoms with E-state index in [1.54, 1.807) is 7.11 Å². The van der Waals surface area contributed by atoms with Crippen molar-refractivity contribution in [2.45, 2.75) is 32.6 Å². The van der Waals surface area contributed by atoms with Crippen molar-refractivity contribution in [3.05, 3.63) is 12.2 Å². The lowest BCUT2D eigenvalue weighted by Crippen LogP contribution is -1.99. The number of esters is 1. The Hall–Kier alpha value is -0.830. The minimum Gasteiger partial charge on any atom is -0.466 e. The number of carbonyl (C=O) groups is 1. The van der Waals surface area contributed by atoms with Gasteiger partial charge in [0.05, 0.1) is 13.2 Å². The zero-order valence-electron chi connectivity index (χ0n) is 9.12. The van der Waals surface area contributed by atoms with Gasteiger partial charge >= 0.3 is 5.97 Å². The second-order valence-electron chi connectivity index (χ2n) is 3.12. The fourth-order valence-electron chi connectivity index (χ4n) is 1.04. The molecule has 0 saturated heterocycles. The molecule has 0 aliphatic carbocycles. The predicted molar refractivity (Wildman–Crippen MR) is 56.1 cm³/mol. The molecule has 0 spiro atoms. The SMILES string of the molecule is COCC=CCCCCCOC(C)=O. The molecule has 0 aliphatic heterocycles. The molecule has 0 aromatic heterocycles. The standard InChI is InChI=1S/C11H20O3/c1-11(12)14-10-8-6-4-3-5-7-9-13-2/h5,7H,3-4,6,8-10H2,1-2H3. The zero-order valence-corrected chi connectivity index (χ0v) is 9.12. The molecule has 0 radical (unpaired) electrons. The Labute approximate surface area is 86.1 Å². The van der Waals surface area contributed by atoms with E-state index in [9.17, 15) is 4.79 Å². The minimum absolute atomic E-state index is 0.190. The average molecular weight is 200 g/mol. The number of hydrogen-bond donors (Lipinski definition) is 0. The first kappa shape index (κ1) is 13.2. The molecule has 0 N–H and O–H groups in total. The van der Waals surface area contributed by atoms with Gasteiger partial charge in [0.1, 0.15) is 0 Å². The summed E-state index contributed by atoms with van der Waals surface area (Å²) in [5.74, 6) is -0.190. The molecule has 0 bridgehead atoms. The molecule has 0 aromatic rings. The normalized spacial score (nSPS) is 10.7. The minimum atomic E-state index is -0.190. The molecule has 0 fully saturated rings. The van der Waals surface area contributed by atoms with Crippen molar-refractivity contribution in [1.29, 1.82) is 0 Å². The highest BCUT2D eigenvalue weighted by molar-refractivity contribution is 5.65. The van der Waals surface area contributed by atoms with Gasteiger partial charge in [0.2, 0.25) is 0 Å². The highest BCUT2D eigenvalue weighted by Crippen LogP contribution is 2.01. The fraction of sp³-hybridized carbons (Fsp3) is 0.727. The molecular weight excluding hydrogens is 180 g/mol. The van der Waals surface area contributed by atoms with Crippen molar-refractivity contribution in [2.24, 2.45) is 0 Å². The van der Waals surface area contributed by atoms with E-state index in [0.717, 1.165) is 25.7 Å². The topological polar surface area (TPSA) is 35.5 Å². The second kappa shape index (κ2) is 10.3. The molecule has 0 unspecified atom stereocenters. The fourth-order valence-corrected chi connectivity index (χ4v) is 1.04. The van der Waals surface area contributed by atoms with Gasteiger partial charge in [-0.1, -0.05) is 12.2 Å². The molecule has 3 heteroatoms. The summed E-state index contributed by atoms with van der Waals surface area (Å²) in [5.41, 5.74) is 0. The third kappa shape index (κ3) is 11.2.